The normalized spacial score (nSPS) is 18.8. The summed E-state index contributed by atoms with van der Waals surface area (Å²) in [7, 11) is -3.35. The number of fused-ring (bicyclic) bond motifs is 2. The first kappa shape index (κ1) is 27.9. The molecule has 5 rings (SSSR count). The van der Waals surface area contributed by atoms with Crippen LogP contribution < -0.4 is 4.74 Å². The molecule has 12 heteroatoms. The van der Waals surface area contributed by atoms with Gasteiger partial charge in [-0.3, -0.25) is 13.9 Å². The molecule has 1 unspecified atom stereocenters. The minimum absolute atomic E-state index is 0.122. The maximum Gasteiger partial charge on any atom is 0.304 e. The summed E-state index contributed by atoms with van der Waals surface area (Å²) in [5, 5.41) is 18.3. The van der Waals surface area contributed by atoms with E-state index in [1.165, 1.54) is 11.3 Å². The van der Waals surface area contributed by atoms with E-state index in [0.29, 0.717) is 40.1 Å². The van der Waals surface area contributed by atoms with E-state index >= 15 is 0 Å². The van der Waals surface area contributed by atoms with Crippen molar-refractivity contribution in [3.05, 3.63) is 68.4 Å². The van der Waals surface area contributed by atoms with Gasteiger partial charge in [-0.25, -0.2) is 4.68 Å². The smallest absolute Gasteiger partial charge is 0.304 e. The van der Waals surface area contributed by atoms with Crippen LogP contribution in [0.25, 0.3) is 11.0 Å². The van der Waals surface area contributed by atoms with Gasteiger partial charge in [-0.05, 0) is 61.2 Å². The van der Waals surface area contributed by atoms with Gasteiger partial charge in [-0.15, -0.1) is 27.2 Å². The molecule has 0 fully saturated rings. The number of nitrogens with zero attached hydrogens (tertiary/aromatic N) is 4. The van der Waals surface area contributed by atoms with E-state index in [1.807, 2.05) is 49.7 Å². The summed E-state index contributed by atoms with van der Waals surface area (Å²) < 4.78 is 32.7. The number of benzene rings is 2. The van der Waals surface area contributed by atoms with Crippen molar-refractivity contribution in [3.8, 4) is 5.75 Å². The van der Waals surface area contributed by atoms with Crippen LogP contribution in [0.2, 0.25) is 4.34 Å². The molecule has 3 heterocycles. The molecule has 0 spiro atoms. The maximum atomic E-state index is 12.0. The molecule has 1 aliphatic heterocycles. The van der Waals surface area contributed by atoms with Gasteiger partial charge in [0.15, 0.2) is 0 Å². The van der Waals surface area contributed by atoms with E-state index < -0.39 is 22.7 Å². The number of para-hydroxylation sites is 1. The monoisotopic (exact) mass is 590 g/mol. The van der Waals surface area contributed by atoms with Crippen molar-refractivity contribution in [3.63, 3.8) is 0 Å². The van der Waals surface area contributed by atoms with Crippen LogP contribution in [0.5, 0.6) is 5.75 Å². The molecule has 0 radical (unpaired) electrons. The molecule has 1 aliphatic rings. The SMILES string of the molecule is CC[C@@H]1CN(Cc2cc(C(CC(=O)O)c3ccc4c(nnn4CC)c3C)sc2Cl)S(O)(O)c2ccccc2O1. The van der Waals surface area contributed by atoms with E-state index in [1.54, 1.807) is 22.5 Å². The highest BCUT2D eigenvalue weighted by atomic mass is 35.5. The van der Waals surface area contributed by atoms with Crippen LogP contribution in [0.15, 0.2) is 47.4 Å². The van der Waals surface area contributed by atoms with E-state index in [9.17, 15) is 19.0 Å². The lowest BCUT2D eigenvalue weighted by molar-refractivity contribution is -0.137. The molecular formula is C27H31ClN4O5S2. The van der Waals surface area contributed by atoms with Gasteiger partial charge in [0.1, 0.15) is 22.3 Å². The standard InChI is InChI=1S/C27H31ClN4O5S2/c1-4-18-15-31(39(35,36)24-9-7-6-8-22(24)37-18)14-17-12-23(38-27(17)28)20(13-25(33)34)19-10-11-21-26(16(19)3)29-30-32(21)5-2/h6-12,18,20,35-36H,4-5,13-15H2,1-3H3,(H,33,34)/t18-,20?/m1/s1. The van der Waals surface area contributed by atoms with Crippen molar-refractivity contribution in [2.45, 2.75) is 63.6 Å². The van der Waals surface area contributed by atoms with Gasteiger partial charge >= 0.3 is 5.97 Å². The molecule has 0 saturated carbocycles. The average molecular weight is 591 g/mol. The fourth-order valence-electron chi connectivity index (χ4n) is 5.06. The van der Waals surface area contributed by atoms with Crippen molar-refractivity contribution >= 4 is 50.7 Å². The van der Waals surface area contributed by atoms with Crippen molar-refractivity contribution < 1.29 is 23.7 Å². The Balaban J connectivity index is 1.51. The Morgan fingerprint density at radius 3 is 2.74 bits per heavy atom. The molecule has 0 amide bonds. The molecule has 2 aromatic heterocycles. The van der Waals surface area contributed by atoms with Gasteiger partial charge in [-0.1, -0.05) is 41.9 Å². The Labute approximate surface area is 237 Å². The lowest BCUT2D eigenvalue weighted by atomic mass is 9.89. The van der Waals surface area contributed by atoms with Crippen molar-refractivity contribution in [2.24, 2.45) is 0 Å². The highest BCUT2D eigenvalue weighted by Crippen LogP contribution is 2.58. The number of carboxylic acids is 1. The van der Waals surface area contributed by atoms with E-state index in [2.05, 4.69) is 10.3 Å². The largest absolute Gasteiger partial charge is 0.487 e. The Hall–Kier alpha value is -2.67. The molecule has 0 bridgehead atoms. The molecule has 3 N–H and O–H groups in total. The first-order valence-corrected chi connectivity index (χ1v) is 15.4. The number of hydrogen-bond donors (Lipinski definition) is 3. The minimum Gasteiger partial charge on any atom is -0.487 e. The van der Waals surface area contributed by atoms with Crippen LogP contribution in [0, 0.1) is 6.92 Å². The summed E-state index contributed by atoms with van der Waals surface area (Å²) in [5.41, 5.74) is 4.08. The molecular weight excluding hydrogens is 560 g/mol. The molecule has 2 atom stereocenters. The first-order chi connectivity index (χ1) is 18.6. The number of aromatic nitrogens is 3. The summed E-state index contributed by atoms with van der Waals surface area (Å²) in [6.07, 6.45) is 0.332. The number of aliphatic carboxylic acids is 1. The van der Waals surface area contributed by atoms with Crippen LogP contribution in [-0.4, -0.2) is 52.1 Å². The molecule has 9 nitrogen and oxygen atoms in total. The fraction of sp³-hybridized carbons (Fsp3) is 0.370. The molecule has 4 aromatic rings. The van der Waals surface area contributed by atoms with Crippen LogP contribution in [-0.2, 0) is 17.9 Å². The second kappa shape index (κ2) is 11.1. The Bertz CT molecular complexity index is 1520. The van der Waals surface area contributed by atoms with Gasteiger partial charge in [0.05, 0.1) is 22.8 Å². The molecule has 208 valence electrons. The van der Waals surface area contributed by atoms with E-state index in [4.69, 9.17) is 16.3 Å². The number of carboxylic acid groups (broad SMARTS) is 1. The second-order valence-electron chi connectivity index (χ2n) is 9.59. The zero-order valence-corrected chi connectivity index (χ0v) is 24.3. The van der Waals surface area contributed by atoms with Gasteiger partial charge in [0.25, 0.3) is 0 Å². The zero-order chi connectivity index (χ0) is 27.9. The highest BCUT2D eigenvalue weighted by molar-refractivity contribution is 8.22. The maximum absolute atomic E-state index is 12.0. The predicted molar refractivity (Wildman–Crippen MR) is 154 cm³/mol. The Kier molecular flexibility index (Phi) is 7.91. The topological polar surface area (TPSA) is 121 Å². The third-order valence-electron chi connectivity index (χ3n) is 7.16. The van der Waals surface area contributed by atoms with Crippen LogP contribution >= 0.6 is 33.7 Å². The summed E-state index contributed by atoms with van der Waals surface area (Å²) in [6.45, 7) is 7.08. The number of carbonyl (C=O) groups is 1. The molecule has 0 aliphatic carbocycles. The average Bonchev–Trinajstić information content (AvgIpc) is 3.47. The Morgan fingerprint density at radius 2 is 2.03 bits per heavy atom. The van der Waals surface area contributed by atoms with Crippen LogP contribution in [0.3, 0.4) is 0 Å². The lowest BCUT2D eigenvalue weighted by Crippen LogP contribution is -2.34. The number of ether oxygens (including phenoxy) is 1. The third kappa shape index (κ3) is 5.27. The lowest BCUT2D eigenvalue weighted by Gasteiger charge is -2.41. The van der Waals surface area contributed by atoms with Gasteiger partial charge in [0.2, 0.25) is 0 Å². The molecule has 2 aromatic carbocycles. The zero-order valence-electron chi connectivity index (χ0n) is 21.9. The summed E-state index contributed by atoms with van der Waals surface area (Å²) in [4.78, 5) is 13.1. The third-order valence-corrected chi connectivity index (χ3v) is 10.6. The minimum atomic E-state index is -3.35. The number of thiophene rings is 1. The van der Waals surface area contributed by atoms with Crippen LogP contribution in [0.4, 0.5) is 0 Å². The first-order valence-electron chi connectivity index (χ1n) is 12.8. The van der Waals surface area contributed by atoms with E-state index in [-0.39, 0.29) is 19.1 Å². The van der Waals surface area contributed by atoms with E-state index in [0.717, 1.165) is 27.0 Å². The number of aryl methyl sites for hydroxylation is 2. The van der Waals surface area contributed by atoms with Gasteiger partial charge < -0.3 is 9.84 Å². The summed E-state index contributed by atoms with van der Waals surface area (Å²) in [6, 6.07) is 12.8. The molecule has 39 heavy (non-hydrogen) atoms. The number of halogens is 1. The summed E-state index contributed by atoms with van der Waals surface area (Å²) >= 11 is 8.05. The number of rotatable bonds is 8. The summed E-state index contributed by atoms with van der Waals surface area (Å²) in [5.74, 6) is -0.910. The van der Waals surface area contributed by atoms with Crippen molar-refractivity contribution in [1.29, 1.82) is 0 Å². The quantitative estimate of drug-likeness (QED) is 0.205. The highest BCUT2D eigenvalue weighted by Gasteiger charge is 2.35. The van der Waals surface area contributed by atoms with Gasteiger partial charge in [0, 0.05) is 23.9 Å². The predicted octanol–water partition coefficient (Wildman–Crippen LogP) is 6.78. The van der Waals surface area contributed by atoms with Crippen molar-refractivity contribution in [2.75, 3.05) is 6.54 Å². The molecule has 0 saturated heterocycles. The Morgan fingerprint density at radius 1 is 1.26 bits per heavy atom. The van der Waals surface area contributed by atoms with Crippen LogP contribution in [0.1, 0.15) is 54.2 Å². The fourth-order valence-corrected chi connectivity index (χ4v) is 8.07. The van der Waals surface area contributed by atoms with Crippen molar-refractivity contribution in [1.82, 2.24) is 19.3 Å². The second-order valence-corrected chi connectivity index (χ2v) is 13.3. The van der Waals surface area contributed by atoms with Gasteiger partial charge in [-0.2, -0.15) is 4.31 Å². The number of hydrogen-bond acceptors (Lipinski definition) is 8.